The van der Waals surface area contributed by atoms with E-state index in [0.29, 0.717) is 23.0 Å². The number of carbonyl (C=O) groups excluding carboxylic acids is 2. The van der Waals surface area contributed by atoms with Gasteiger partial charge < -0.3 is 11.1 Å². The number of nitrogens with two attached hydrogens (primary N) is 1. The molecule has 1 aromatic heterocycles. The highest BCUT2D eigenvalue weighted by Crippen LogP contribution is 2.25. The van der Waals surface area contributed by atoms with Crippen LogP contribution in [0.3, 0.4) is 0 Å². The van der Waals surface area contributed by atoms with Crippen molar-refractivity contribution in [1.29, 1.82) is 0 Å². The summed E-state index contributed by atoms with van der Waals surface area (Å²) in [6.07, 6.45) is 2.26. The molecule has 0 aliphatic carbocycles. The summed E-state index contributed by atoms with van der Waals surface area (Å²) in [6.45, 7) is 4.85. The normalized spacial score (nSPS) is 10.8. The van der Waals surface area contributed by atoms with E-state index in [9.17, 15) is 9.59 Å². The Labute approximate surface area is 162 Å². The van der Waals surface area contributed by atoms with Crippen molar-refractivity contribution in [2.24, 2.45) is 5.73 Å². The molecule has 0 aliphatic rings. The predicted molar refractivity (Wildman–Crippen MR) is 102 cm³/mol. The third-order valence-corrected chi connectivity index (χ3v) is 4.49. The molecule has 0 unspecified atom stereocenters. The average Bonchev–Trinajstić information content (AvgIpc) is 2.90. The van der Waals surface area contributed by atoms with Crippen molar-refractivity contribution < 1.29 is 9.59 Å². The van der Waals surface area contributed by atoms with Gasteiger partial charge >= 0.3 is 11.8 Å². The highest BCUT2D eigenvalue weighted by molar-refractivity contribution is 6.35. The Morgan fingerprint density at radius 2 is 1.81 bits per heavy atom. The summed E-state index contributed by atoms with van der Waals surface area (Å²) in [5, 5.41) is 8.35. The number of aryl methyl sites for hydroxylation is 1. The van der Waals surface area contributed by atoms with Gasteiger partial charge in [-0.2, -0.15) is 5.10 Å². The van der Waals surface area contributed by atoms with Crippen molar-refractivity contribution >= 4 is 35.0 Å². The maximum atomic E-state index is 11.3. The summed E-state index contributed by atoms with van der Waals surface area (Å²) in [4.78, 5) is 22.1. The van der Waals surface area contributed by atoms with Gasteiger partial charge in [0, 0.05) is 34.3 Å². The fourth-order valence-electron chi connectivity index (χ4n) is 2.94. The minimum absolute atomic E-state index is 0.280. The van der Waals surface area contributed by atoms with E-state index in [1.54, 1.807) is 6.07 Å². The van der Waals surface area contributed by atoms with Crippen LogP contribution in [0.5, 0.6) is 0 Å². The molecule has 26 heavy (non-hydrogen) atoms. The summed E-state index contributed by atoms with van der Waals surface area (Å²) in [6, 6.07) is 5.51. The molecule has 0 atom stereocenters. The van der Waals surface area contributed by atoms with Crippen molar-refractivity contribution in [1.82, 2.24) is 15.1 Å². The van der Waals surface area contributed by atoms with Crippen LogP contribution in [0.4, 0.5) is 0 Å². The van der Waals surface area contributed by atoms with Crippen LogP contribution in [-0.2, 0) is 35.4 Å². The Bertz CT molecular complexity index is 798. The zero-order valence-corrected chi connectivity index (χ0v) is 16.3. The molecule has 2 aromatic rings. The maximum Gasteiger partial charge on any atom is 0.309 e. The molecular formula is C18H22Cl2N4O2. The van der Waals surface area contributed by atoms with E-state index in [1.165, 1.54) is 0 Å². The van der Waals surface area contributed by atoms with Crippen LogP contribution in [0.25, 0.3) is 0 Å². The van der Waals surface area contributed by atoms with Gasteiger partial charge in [0.25, 0.3) is 0 Å². The van der Waals surface area contributed by atoms with Gasteiger partial charge in [-0.25, -0.2) is 0 Å². The van der Waals surface area contributed by atoms with Crippen LogP contribution < -0.4 is 11.1 Å². The molecule has 1 heterocycles. The fourth-order valence-corrected chi connectivity index (χ4v) is 3.51. The lowest BCUT2D eigenvalue weighted by atomic mass is 10.0. The molecule has 0 saturated carbocycles. The lowest BCUT2D eigenvalue weighted by Gasteiger charge is -2.09. The van der Waals surface area contributed by atoms with Crippen LogP contribution in [0.2, 0.25) is 10.0 Å². The van der Waals surface area contributed by atoms with E-state index in [-0.39, 0.29) is 6.54 Å². The second-order valence-corrected chi connectivity index (χ2v) is 6.75. The summed E-state index contributed by atoms with van der Waals surface area (Å²) < 4.78 is 1.88. The molecule has 1 aromatic carbocycles. The van der Waals surface area contributed by atoms with Gasteiger partial charge in [-0.05, 0) is 36.6 Å². The van der Waals surface area contributed by atoms with Gasteiger partial charge in [0.05, 0.1) is 12.2 Å². The Hall–Kier alpha value is -2.05. The molecule has 0 aliphatic heterocycles. The number of halogens is 2. The smallest absolute Gasteiger partial charge is 0.309 e. The number of rotatable bonds is 7. The molecule has 3 N–H and O–H groups in total. The Morgan fingerprint density at radius 3 is 2.35 bits per heavy atom. The molecule has 0 fully saturated rings. The second-order valence-electron chi connectivity index (χ2n) is 5.88. The summed E-state index contributed by atoms with van der Waals surface area (Å²) in [7, 11) is 0. The van der Waals surface area contributed by atoms with Crippen LogP contribution in [-0.4, -0.2) is 28.1 Å². The molecule has 140 valence electrons. The summed E-state index contributed by atoms with van der Waals surface area (Å²) in [5.41, 5.74) is 9.19. The van der Waals surface area contributed by atoms with Crippen LogP contribution in [0.1, 0.15) is 36.4 Å². The van der Waals surface area contributed by atoms with E-state index in [2.05, 4.69) is 24.3 Å². The number of nitrogens with one attached hydrogen (secondary N) is 1. The number of primary amides is 1. The maximum absolute atomic E-state index is 11.3. The quantitative estimate of drug-likeness (QED) is 0.704. The van der Waals surface area contributed by atoms with E-state index >= 15 is 0 Å². The minimum Gasteiger partial charge on any atom is -0.361 e. The summed E-state index contributed by atoms with van der Waals surface area (Å²) in [5.74, 6) is -1.78. The number of benzene rings is 1. The molecule has 0 radical (unpaired) electrons. The SMILES string of the molecule is CCc1nn(CCNC(=O)C(N)=O)c(CC)c1Cc1cc(Cl)cc(Cl)c1. The largest absolute Gasteiger partial charge is 0.361 e. The van der Waals surface area contributed by atoms with E-state index in [1.807, 2.05) is 16.8 Å². The molecule has 6 nitrogen and oxygen atoms in total. The Kier molecular flexibility index (Phi) is 7.06. The third kappa shape index (κ3) is 4.99. The Morgan fingerprint density at radius 1 is 1.15 bits per heavy atom. The number of hydrogen-bond donors (Lipinski definition) is 2. The Balaban J connectivity index is 2.24. The number of aromatic nitrogens is 2. The molecular weight excluding hydrogens is 375 g/mol. The predicted octanol–water partition coefficient (Wildman–Crippen LogP) is 2.51. The molecule has 2 amide bonds. The van der Waals surface area contributed by atoms with Crippen molar-refractivity contribution in [2.75, 3.05) is 6.54 Å². The number of carbonyl (C=O) groups is 2. The fraction of sp³-hybridized carbons (Fsp3) is 0.389. The van der Waals surface area contributed by atoms with Gasteiger partial charge in [-0.1, -0.05) is 37.0 Å². The van der Waals surface area contributed by atoms with Crippen molar-refractivity contribution in [3.8, 4) is 0 Å². The first-order valence-corrected chi connectivity index (χ1v) is 9.21. The number of nitrogens with zero attached hydrogens (tertiary/aromatic N) is 2. The van der Waals surface area contributed by atoms with Gasteiger partial charge in [0.15, 0.2) is 0 Å². The van der Waals surface area contributed by atoms with Crippen LogP contribution >= 0.6 is 23.2 Å². The highest BCUT2D eigenvalue weighted by Gasteiger charge is 2.17. The number of hydrogen-bond acceptors (Lipinski definition) is 3. The van der Waals surface area contributed by atoms with Gasteiger partial charge in [-0.15, -0.1) is 0 Å². The van der Waals surface area contributed by atoms with E-state index in [0.717, 1.165) is 35.4 Å². The van der Waals surface area contributed by atoms with Crippen LogP contribution in [0.15, 0.2) is 18.2 Å². The molecule has 0 bridgehead atoms. The number of amides is 2. The molecule has 8 heteroatoms. The third-order valence-electron chi connectivity index (χ3n) is 4.06. The van der Waals surface area contributed by atoms with Gasteiger partial charge in [-0.3, -0.25) is 14.3 Å². The molecule has 2 rings (SSSR count). The second kappa shape index (κ2) is 9.05. The zero-order valence-electron chi connectivity index (χ0n) is 14.8. The lowest BCUT2D eigenvalue weighted by Crippen LogP contribution is -2.37. The van der Waals surface area contributed by atoms with E-state index in [4.69, 9.17) is 28.9 Å². The van der Waals surface area contributed by atoms with E-state index < -0.39 is 11.8 Å². The first-order chi connectivity index (χ1) is 12.3. The van der Waals surface area contributed by atoms with Crippen molar-refractivity contribution in [3.63, 3.8) is 0 Å². The molecule has 0 spiro atoms. The first kappa shape index (κ1) is 20.3. The standard InChI is InChI=1S/C18H22Cl2N4O2/c1-3-15-14(9-11-7-12(19)10-13(20)8-11)16(4-2)24(23-15)6-5-22-18(26)17(21)25/h7-8,10H,3-6,9H2,1-2H3,(H2,21,25)(H,22,26). The topological polar surface area (TPSA) is 90.0 Å². The molecule has 0 saturated heterocycles. The lowest BCUT2D eigenvalue weighted by molar-refractivity contribution is -0.137. The van der Waals surface area contributed by atoms with Crippen molar-refractivity contribution in [3.05, 3.63) is 50.8 Å². The van der Waals surface area contributed by atoms with Crippen LogP contribution in [0, 0.1) is 0 Å². The van der Waals surface area contributed by atoms with Crippen molar-refractivity contribution in [2.45, 2.75) is 39.7 Å². The minimum atomic E-state index is -0.992. The zero-order chi connectivity index (χ0) is 19.3. The monoisotopic (exact) mass is 396 g/mol. The van der Waals surface area contributed by atoms with Gasteiger partial charge in [0.1, 0.15) is 0 Å². The average molecular weight is 397 g/mol. The van der Waals surface area contributed by atoms with Gasteiger partial charge in [0.2, 0.25) is 0 Å². The summed E-state index contributed by atoms with van der Waals surface area (Å²) >= 11 is 12.2. The first-order valence-electron chi connectivity index (χ1n) is 8.45. The highest BCUT2D eigenvalue weighted by atomic mass is 35.5.